The molecule has 0 unspecified atom stereocenters. The van der Waals surface area contributed by atoms with Crippen molar-refractivity contribution >= 4 is 44.6 Å². The summed E-state index contributed by atoms with van der Waals surface area (Å²) in [5.74, 6) is 2.04. The minimum absolute atomic E-state index is 0.0237. The van der Waals surface area contributed by atoms with E-state index >= 15 is 0 Å². The van der Waals surface area contributed by atoms with Crippen LogP contribution in [0.15, 0.2) is 212 Å². The molecule has 0 N–H and O–H groups in total. The van der Waals surface area contributed by atoms with Gasteiger partial charge in [-0.3, -0.25) is 4.57 Å². The summed E-state index contributed by atoms with van der Waals surface area (Å²) < 4.78 is 74.1. The summed E-state index contributed by atoms with van der Waals surface area (Å²) in [4.78, 5) is 8.86. The summed E-state index contributed by atoms with van der Waals surface area (Å²) in [5.41, 5.74) is 7.58. The fraction of sp³-hybridized carbons (Fsp3) is 0.0862. The van der Waals surface area contributed by atoms with E-state index in [9.17, 15) is 6.85 Å². The van der Waals surface area contributed by atoms with Gasteiger partial charge in [0.15, 0.2) is 0 Å². The van der Waals surface area contributed by atoms with Gasteiger partial charge in [-0.2, -0.15) is 0 Å². The molecule has 0 atom stereocenters. The number of nitrogens with zero attached hydrogens (tertiary/aromatic N) is 4. The van der Waals surface area contributed by atoms with Crippen LogP contribution in [0.4, 0.5) is 22.7 Å². The fourth-order valence-corrected chi connectivity index (χ4v) is 8.60. The van der Waals surface area contributed by atoms with Gasteiger partial charge in [-0.05, 0) is 87.8 Å². The quantitative estimate of drug-likeness (QED) is 0.153. The Bertz CT molecular complexity index is 3670. The molecule has 0 saturated heterocycles. The van der Waals surface area contributed by atoms with Crippen LogP contribution in [0.3, 0.4) is 0 Å². The SMILES string of the molecule is [2H]c1cccc([2H])c1-c1c([2H])c([2H])c([2H])c(-c2c([2H])cc(-c3ccccc3)cc2[2H])c1N1CN(c2cccc(Oc3ccc4c5ccccc5n(-c5cc(C(C)(C)C)ccn5)c4c3)c2)c2ccccc21. The van der Waals surface area contributed by atoms with Gasteiger partial charge >= 0.3 is 0 Å². The van der Waals surface area contributed by atoms with Crippen molar-refractivity contribution in [3.8, 4) is 50.7 Å². The van der Waals surface area contributed by atoms with Crippen molar-refractivity contribution in [3.05, 3.63) is 218 Å². The molecule has 63 heavy (non-hydrogen) atoms. The van der Waals surface area contributed by atoms with Gasteiger partial charge in [-0.15, -0.1) is 0 Å². The van der Waals surface area contributed by atoms with Crippen molar-refractivity contribution < 1.29 is 14.3 Å². The normalized spacial score (nSPS) is 14.1. The average molecular weight is 822 g/mol. The number of para-hydroxylation sites is 4. The van der Waals surface area contributed by atoms with Gasteiger partial charge in [-0.1, -0.05) is 160 Å². The van der Waals surface area contributed by atoms with Gasteiger partial charge in [0.25, 0.3) is 0 Å². The largest absolute Gasteiger partial charge is 0.457 e. The summed E-state index contributed by atoms with van der Waals surface area (Å²) in [5, 5.41) is 2.18. The van der Waals surface area contributed by atoms with Crippen molar-refractivity contribution in [1.29, 1.82) is 0 Å². The van der Waals surface area contributed by atoms with E-state index in [1.165, 1.54) is 5.56 Å². The Hall–Kier alpha value is -7.89. The molecule has 2 aromatic heterocycles. The first kappa shape index (κ1) is 31.0. The number of benzene rings is 8. The number of rotatable bonds is 8. The highest BCUT2D eigenvalue weighted by Gasteiger charge is 2.31. The molecule has 11 rings (SSSR count). The molecule has 5 heteroatoms. The van der Waals surface area contributed by atoms with Crippen LogP contribution in [0, 0.1) is 0 Å². The highest BCUT2D eigenvalue weighted by Crippen LogP contribution is 2.50. The maximum absolute atomic E-state index is 9.54. The summed E-state index contributed by atoms with van der Waals surface area (Å²) in [6, 6.07) is 50.5. The Labute approximate surface area is 378 Å². The molecule has 304 valence electrons. The first-order valence-corrected chi connectivity index (χ1v) is 21.1. The smallest absolute Gasteiger partial charge is 0.137 e. The van der Waals surface area contributed by atoms with E-state index in [0.717, 1.165) is 44.6 Å². The lowest BCUT2D eigenvalue weighted by molar-refractivity contribution is 0.483. The molecule has 0 radical (unpaired) electrons. The number of pyridine rings is 1. The van der Waals surface area contributed by atoms with Crippen molar-refractivity contribution in [2.75, 3.05) is 16.5 Å². The second-order valence-corrected chi connectivity index (χ2v) is 16.7. The zero-order chi connectivity index (χ0) is 48.6. The third-order valence-electron chi connectivity index (χ3n) is 11.7. The van der Waals surface area contributed by atoms with Crippen molar-refractivity contribution in [2.24, 2.45) is 0 Å². The van der Waals surface area contributed by atoms with Crippen molar-refractivity contribution in [2.45, 2.75) is 26.2 Å². The number of hydrogen-bond acceptors (Lipinski definition) is 4. The number of fused-ring (bicyclic) bond motifs is 4. The number of hydrogen-bond donors (Lipinski definition) is 0. The molecule has 0 saturated carbocycles. The second-order valence-electron chi connectivity index (χ2n) is 16.7. The van der Waals surface area contributed by atoms with Crippen LogP contribution in [0.25, 0.3) is 61.0 Å². The van der Waals surface area contributed by atoms with Gasteiger partial charge in [0.2, 0.25) is 0 Å². The molecule has 1 aliphatic rings. The second kappa shape index (κ2) is 15.5. The van der Waals surface area contributed by atoms with Crippen LogP contribution in [-0.4, -0.2) is 16.2 Å². The standard InChI is InChI=1S/C58H46N4O/c1-58(2,3)44-34-35-59-56(36-44)62-52-25-11-10-22-50(52)51-33-32-47(38-55(51)62)63-46-21-14-20-45(37-46)60-39-61(54-27-13-12-26-53(54)60)57-48(42-18-8-5-9-19-42)23-15-24-49(57)43-30-28-41(29-31-43)40-16-6-4-7-17-40/h4-38H,39H2,1-3H3/i15D,18D,19D,23D,24D,30D,31D. The van der Waals surface area contributed by atoms with Crippen molar-refractivity contribution in [3.63, 3.8) is 0 Å². The highest BCUT2D eigenvalue weighted by molar-refractivity contribution is 6.09. The molecule has 0 fully saturated rings. The zero-order valence-electron chi connectivity index (χ0n) is 42.1. The van der Waals surface area contributed by atoms with E-state index in [1.807, 2.05) is 108 Å². The molecule has 10 aromatic rings. The Morgan fingerprint density at radius 1 is 0.524 bits per heavy atom. The molecular formula is C58H46N4O. The van der Waals surface area contributed by atoms with Crippen LogP contribution in [0.5, 0.6) is 11.5 Å². The minimum Gasteiger partial charge on any atom is -0.457 e. The van der Waals surface area contributed by atoms with Gasteiger partial charge in [0.05, 0.1) is 37.7 Å². The molecule has 0 aliphatic carbocycles. The first-order chi connectivity index (χ1) is 33.8. The third kappa shape index (κ3) is 6.98. The lowest BCUT2D eigenvalue weighted by Crippen LogP contribution is -2.25. The lowest BCUT2D eigenvalue weighted by Gasteiger charge is -2.27. The van der Waals surface area contributed by atoms with E-state index in [2.05, 4.69) is 66.6 Å². The minimum atomic E-state index is -0.426. The molecular weight excluding hydrogens is 769 g/mol. The zero-order valence-corrected chi connectivity index (χ0v) is 35.1. The Kier molecular flexibility index (Phi) is 7.65. The number of ether oxygens (including phenoxy) is 1. The van der Waals surface area contributed by atoms with E-state index in [-0.39, 0.29) is 76.3 Å². The highest BCUT2D eigenvalue weighted by atomic mass is 16.5. The molecule has 8 aromatic carbocycles. The fourth-order valence-electron chi connectivity index (χ4n) is 8.60. The average Bonchev–Trinajstić information content (AvgIpc) is 3.90. The van der Waals surface area contributed by atoms with Gasteiger partial charge in [-0.25, -0.2) is 4.98 Å². The maximum Gasteiger partial charge on any atom is 0.137 e. The van der Waals surface area contributed by atoms with E-state index in [4.69, 9.17) is 12.5 Å². The summed E-state index contributed by atoms with van der Waals surface area (Å²) >= 11 is 0. The molecule has 1 aliphatic heterocycles. The summed E-state index contributed by atoms with van der Waals surface area (Å²) in [6.07, 6.45) is 1.87. The third-order valence-corrected chi connectivity index (χ3v) is 11.7. The van der Waals surface area contributed by atoms with Crippen LogP contribution in [0.1, 0.15) is 35.9 Å². The lowest BCUT2D eigenvalue weighted by atomic mass is 9.88. The predicted octanol–water partition coefficient (Wildman–Crippen LogP) is 15.5. The van der Waals surface area contributed by atoms with E-state index in [0.29, 0.717) is 22.7 Å². The van der Waals surface area contributed by atoms with Gasteiger partial charge in [0.1, 0.15) is 24.0 Å². The first-order valence-electron chi connectivity index (χ1n) is 24.6. The van der Waals surface area contributed by atoms with E-state index in [1.54, 1.807) is 30.3 Å². The molecule has 5 nitrogen and oxygen atoms in total. The van der Waals surface area contributed by atoms with Crippen molar-refractivity contribution in [1.82, 2.24) is 9.55 Å². The number of anilines is 4. The molecule has 3 heterocycles. The van der Waals surface area contributed by atoms with Crippen LogP contribution in [-0.2, 0) is 5.41 Å². The monoisotopic (exact) mass is 821 g/mol. The Balaban J connectivity index is 1.03. The number of aromatic nitrogens is 2. The molecule has 0 spiro atoms. The predicted molar refractivity (Wildman–Crippen MR) is 262 cm³/mol. The van der Waals surface area contributed by atoms with Gasteiger partial charge < -0.3 is 14.5 Å². The summed E-state index contributed by atoms with van der Waals surface area (Å²) in [6.45, 7) is 6.73. The maximum atomic E-state index is 9.54. The van der Waals surface area contributed by atoms with Crippen LogP contribution < -0.4 is 14.5 Å². The van der Waals surface area contributed by atoms with E-state index < -0.39 is 6.04 Å². The molecule has 0 amide bonds. The van der Waals surface area contributed by atoms with Crippen LogP contribution in [0.2, 0.25) is 0 Å². The van der Waals surface area contributed by atoms with Gasteiger partial charge in [0, 0.05) is 45.9 Å². The Morgan fingerprint density at radius 3 is 1.95 bits per heavy atom. The summed E-state index contributed by atoms with van der Waals surface area (Å²) in [7, 11) is 0. The Morgan fingerprint density at radius 2 is 1.17 bits per heavy atom. The molecule has 0 bridgehead atoms. The topological polar surface area (TPSA) is 33.5 Å². The van der Waals surface area contributed by atoms with Crippen LogP contribution >= 0.6 is 0 Å².